The van der Waals surface area contributed by atoms with E-state index in [1.807, 2.05) is 4.90 Å². The minimum Gasteiger partial charge on any atom is -0.353 e. The first-order valence-corrected chi connectivity index (χ1v) is 9.27. The third-order valence-electron chi connectivity index (χ3n) is 4.68. The number of nitrogens with zero attached hydrogens (tertiary/aromatic N) is 1. The molecule has 0 aromatic heterocycles. The van der Waals surface area contributed by atoms with Crippen LogP contribution in [0.1, 0.15) is 36.0 Å². The van der Waals surface area contributed by atoms with E-state index in [2.05, 4.69) is 16.2 Å². The van der Waals surface area contributed by atoms with E-state index in [-0.39, 0.29) is 30.3 Å². The molecule has 0 radical (unpaired) electrons. The van der Waals surface area contributed by atoms with Gasteiger partial charge in [-0.1, -0.05) is 23.7 Å². The molecular formula is C18H23ClN4O3. The predicted octanol–water partition coefficient (Wildman–Crippen LogP) is 1.09. The van der Waals surface area contributed by atoms with Gasteiger partial charge in [0.2, 0.25) is 5.91 Å². The number of carbonyl (C=O) groups excluding carboxylic acids is 3. The normalized spacial score (nSPS) is 18.2. The first kappa shape index (κ1) is 18.7. The lowest BCUT2D eigenvalue weighted by atomic mass is 10.0. The Morgan fingerprint density at radius 2 is 1.73 bits per heavy atom. The quantitative estimate of drug-likeness (QED) is 0.669. The molecule has 0 bridgehead atoms. The SMILES string of the molecule is O=C(CN1CCC(NC(=O)C2CC2)CC1)NNC(=O)c1ccccc1Cl. The van der Waals surface area contributed by atoms with Crippen LogP contribution in [0.2, 0.25) is 5.02 Å². The van der Waals surface area contributed by atoms with E-state index < -0.39 is 5.91 Å². The van der Waals surface area contributed by atoms with Crippen molar-refractivity contribution in [2.75, 3.05) is 19.6 Å². The van der Waals surface area contributed by atoms with Crippen molar-refractivity contribution in [3.05, 3.63) is 34.9 Å². The van der Waals surface area contributed by atoms with Crippen LogP contribution in [0.15, 0.2) is 24.3 Å². The summed E-state index contributed by atoms with van der Waals surface area (Å²) in [5.41, 5.74) is 5.10. The fourth-order valence-electron chi connectivity index (χ4n) is 2.98. The maximum absolute atomic E-state index is 12.0. The van der Waals surface area contributed by atoms with Crippen molar-refractivity contribution in [1.82, 2.24) is 21.1 Å². The molecule has 8 heteroatoms. The molecule has 1 aliphatic heterocycles. The number of halogens is 1. The number of carbonyl (C=O) groups is 3. The first-order valence-electron chi connectivity index (χ1n) is 8.89. The number of piperidine rings is 1. The topological polar surface area (TPSA) is 90.5 Å². The van der Waals surface area contributed by atoms with Gasteiger partial charge in [-0.3, -0.25) is 30.1 Å². The molecule has 1 aliphatic carbocycles. The largest absolute Gasteiger partial charge is 0.353 e. The summed E-state index contributed by atoms with van der Waals surface area (Å²) < 4.78 is 0. The van der Waals surface area contributed by atoms with E-state index in [0.29, 0.717) is 10.6 Å². The zero-order valence-electron chi connectivity index (χ0n) is 14.5. The summed E-state index contributed by atoms with van der Waals surface area (Å²) in [6.07, 6.45) is 3.67. The van der Waals surface area contributed by atoms with Gasteiger partial charge in [0.25, 0.3) is 11.8 Å². The highest BCUT2D eigenvalue weighted by Crippen LogP contribution is 2.29. The molecule has 7 nitrogen and oxygen atoms in total. The van der Waals surface area contributed by atoms with Crippen molar-refractivity contribution in [1.29, 1.82) is 0 Å². The molecule has 3 N–H and O–H groups in total. The Morgan fingerprint density at radius 1 is 1.04 bits per heavy atom. The van der Waals surface area contributed by atoms with Crippen LogP contribution >= 0.6 is 11.6 Å². The van der Waals surface area contributed by atoms with E-state index in [1.54, 1.807) is 24.3 Å². The summed E-state index contributed by atoms with van der Waals surface area (Å²) in [4.78, 5) is 37.8. The third-order valence-corrected chi connectivity index (χ3v) is 5.01. The summed E-state index contributed by atoms with van der Waals surface area (Å²) in [6, 6.07) is 6.83. The molecule has 1 saturated carbocycles. The minimum atomic E-state index is -0.453. The van der Waals surface area contributed by atoms with E-state index >= 15 is 0 Å². The Kier molecular flexibility index (Phi) is 6.11. The molecule has 1 heterocycles. The van der Waals surface area contributed by atoms with Crippen molar-refractivity contribution in [2.45, 2.75) is 31.7 Å². The molecule has 1 aromatic rings. The Labute approximate surface area is 157 Å². The van der Waals surface area contributed by atoms with Gasteiger partial charge >= 0.3 is 0 Å². The highest BCUT2D eigenvalue weighted by molar-refractivity contribution is 6.33. The number of nitrogens with one attached hydrogen (secondary N) is 3. The van der Waals surface area contributed by atoms with E-state index in [1.165, 1.54) is 0 Å². The number of likely N-dealkylation sites (tertiary alicyclic amines) is 1. The van der Waals surface area contributed by atoms with E-state index in [9.17, 15) is 14.4 Å². The summed E-state index contributed by atoms with van der Waals surface area (Å²) in [5.74, 6) is -0.347. The Balaban J connectivity index is 1.36. The van der Waals surface area contributed by atoms with Gasteiger partial charge < -0.3 is 5.32 Å². The number of hydrogen-bond acceptors (Lipinski definition) is 4. The third kappa shape index (κ3) is 5.19. The van der Waals surface area contributed by atoms with Gasteiger partial charge in [-0.05, 0) is 37.8 Å². The predicted molar refractivity (Wildman–Crippen MR) is 97.4 cm³/mol. The van der Waals surface area contributed by atoms with Crippen molar-refractivity contribution >= 4 is 29.3 Å². The lowest BCUT2D eigenvalue weighted by Gasteiger charge is -2.31. The van der Waals surface area contributed by atoms with Gasteiger partial charge in [0, 0.05) is 25.0 Å². The van der Waals surface area contributed by atoms with Gasteiger partial charge in [-0.15, -0.1) is 0 Å². The van der Waals surface area contributed by atoms with Gasteiger partial charge in [0.1, 0.15) is 0 Å². The smallest absolute Gasteiger partial charge is 0.271 e. The van der Waals surface area contributed by atoms with Crippen molar-refractivity contribution < 1.29 is 14.4 Å². The highest BCUT2D eigenvalue weighted by atomic mass is 35.5. The van der Waals surface area contributed by atoms with Crippen molar-refractivity contribution in [2.24, 2.45) is 5.92 Å². The molecular weight excluding hydrogens is 356 g/mol. The standard InChI is InChI=1S/C18H23ClN4O3/c19-15-4-2-1-3-14(15)18(26)22-21-16(24)11-23-9-7-13(8-10-23)20-17(25)12-5-6-12/h1-4,12-13H,5-11H2,(H,20,25)(H,21,24)(H,22,26). The van der Waals surface area contributed by atoms with Gasteiger partial charge in [-0.25, -0.2) is 0 Å². The van der Waals surface area contributed by atoms with Gasteiger partial charge in [-0.2, -0.15) is 0 Å². The summed E-state index contributed by atoms with van der Waals surface area (Å²) in [6.45, 7) is 1.68. The summed E-state index contributed by atoms with van der Waals surface area (Å²) in [5, 5.41) is 3.41. The average molecular weight is 379 g/mol. The second kappa shape index (κ2) is 8.51. The molecule has 0 atom stereocenters. The molecule has 0 spiro atoms. The molecule has 1 aromatic carbocycles. The highest BCUT2D eigenvalue weighted by Gasteiger charge is 2.31. The van der Waals surface area contributed by atoms with Crippen LogP contribution in [0.5, 0.6) is 0 Å². The molecule has 140 valence electrons. The van der Waals surface area contributed by atoms with Gasteiger partial charge in [0.05, 0.1) is 17.1 Å². The Hall–Kier alpha value is -2.12. The lowest BCUT2D eigenvalue weighted by molar-refractivity contribution is -0.125. The van der Waals surface area contributed by atoms with Crippen LogP contribution < -0.4 is 16.2 Å². The zero-order chi connectivity index (χ0) is 18.5. The molecule has 26 heavy (non-hydrogen) atoms. The summed E-state index contributed by atoms with van der Waals surface area (Å²) >= 11 is 5.95. The summed E-state index contributed by atoms with van der Waals surface area (Å²) in [7, 11) is 0. The first-order chi connectivity index (χ1) is 12.5. The van der Waals surface area contributed by atoms with Crippen LogP contribution in [0, 0.1) is 5.92 Å². The number of hydrazine groups is 1. The molecule has 0 unspecified atom stereocenters. The Morgan fingerprint density at radius 3 is 2.38 bits per heavy atom. The molecule has 2 aliphatic rings. The average Bonchev–Trinajstić information content (AvgIpc) is 3.47. The van der Waals surface area contributed by atoms with Crippen LogP contribution in [0.25, 0.3) is 0 Å². The molecule has 2 fully saturated rings. The van der Waals surface area contributed by atoms with Crippen LogP contribution in [0.3, 0.4) is 0 Å². The molecule has 3 rings (SSSR count). The van der Waals surface area contributed by atoms with Crippen LogP contribution in [-0.2, 0) is 9.59 Å². The number of amides is 3. The maximum atomic E-state index is 12.0. The van der Waals surface area contributed by atoms with Crippen LogP contribution in [-0.4, -0.2) is 48.3 Å². The fraction of sp³-hybridized carbons (Fsp3) is 0.500. The van der Waals surface area contributed by atoms with E-state index in [0.717, 1.165) is 38.8 Å². The number of benzene rings is 1. The van der Waals surface area contributed by atoms with Crippen LogP contribution in [0.4, 0.5) is 0 Å². The van der Waals surface area contributed by atoms with Crippen molar-refractivity contribution in [3.8, 4) is 0 Å². The van der Waals surface area contributed by atoms with Gasteiger partial charge in [0.15, 0.2) is 0 Å². The Bertz CT molecular complexity index is 685. The molecule has 1 saturated heterocycles. The second-order valence-corrected chi connectivity index (χ2v) is 7.22. The zero-order valence-corrected chi connectivity index (χ0v) is 15.2. The minimum absolute atomic E-state index is 0.170. The number of hydrogen-bond donors (Lipinski definition) is 3. The molecule has 3 amide bonds. The van der Waals surface area contributed by atoms with E-state index in [4.69, 9.17) is 11.6 Å². The lowest BCUT2D eigenvalue weighted by Crippen LogP contribution is -2.50. The number of rotatable bonds is 5. The maximum Gasteiger partial charge on any atom is 0.271 e. The fourth-order valence-corrected chi connectivity index (χ4v) is 3.20. The van der Waals surface area contributed by atoms with Crippen molar-refractivity contribution in [3.63, 3.8) is 0 Å². The monoisotopic (exact) mass is 378 g/mol. The second-order valence-electron chi connectivity index (χ2n) is 6.82.